The third-order valence-electron chi connectivity index (χ3n) is 11.3. The number of fused-ring (bicyclic) bond motifs is 3. The fourth-order valence-electron chi connectivity index (χ4n) is 9.12. The standard InChI is InChI=1S/C48H30N3PS/c53-52-46-40-16-7-18-42(46)50(38-26-23-32-11-2-5-14-35(32)29-38)44-20-9-21-45(48(44)52)51(39-27-24-33-12-3-6-15-36(33)30-39)43-19-8-17-41(47(43)52)49(40)37-25-22-31-10-1-4-13-34(31)28-37/h1-30H. The molecule has 3 nitrogen and oxygen atoms in total. The topological polar surface area (TPSA) is 9.72 Å². The largest absolute Gasteiger partial charge is 0.309 e. The van der Waals surface area contributed by atoms with Gasteiger partial charge in [-0.1, -0.05) is 121 Å². The third-order valence-corrected chi connectivity index (χ3v) is 16.3. The molecule has 0 bridgehead atoms. The van der Waals surface area contributed by atoms with Gasteiger partial charge in [0, 0.05) is 33.0 Å². The van der Waals surface area contributed by atoms with Crippen molar-refractivity contribution in [1.82, 2.24) is 0 Å². The van der Waals surface area contributed by atoms with Gasteiger partial charge in [-0.3, -0.25) is 0 Å². The van der Waals surface area contributed by atoms with Crippen LogP contribution in [-0.2, 0) is 11.8 Å². The van der Waals surface area contributed by atoms with Crippen molar-refractivity contribution in [2.75, 3.05) is 14.7 Å². The lowest BCUT2D eigenvalue weighted by Gasteiger charge is -2.51. The highest BCUT2D eigenvalue weighted by Gasteiger charge is 2.51. The Morgan fingerprint density at radius 1 is 0.283 bits per heavy atom. The smallest absolute Gasteiger partial charge is 0.0573 e. The highest BCUT2D eigenvalue weighted by Crippen LogP contribution is 2.67. The van der Waals surface area contributed by atoms with E-state index in [2.05, 4.69) is 197 Å². The first-order valence-corrected chi connectivity index (χ1v) is 20.8. The van der Waals surface area contributed by atoms with Crippen molar-refractivity contribution in [2.45, 2.75) is 0 Å². The summed E-state index contributed by atoms with van der Waals surface area (Å²) in [5, 5.41) is 11.1. The van der Waals surface area contributed by atoms with E-state index >= 15 is 0 Å². The van der Waals surface area contributed by atoms with Gasteiger partial charge >= 0.3 is 0 Å². The lowest BCUT2D eigenvalue weighted by Crippen LogP contribution is -2.47. The van der Waals surface area contributed by atoms with E-state index in [1.807, 2.05) is 0 Å². The number of anilines is 9. The van der Waals surface area contributed by atoms with Crippen LogP contribution in [0.25, 0.3) is 32.3 Å². The van der Waals surface area contributed by atoms with Crippen LogP contribution < -0.4 is 30.6 Å². The third kappa shape index (κ3) is 3.92. The van der Waals surface area contributed by atoms with Gasteiger partial charge in [0.2, 0.25) is 0 Å². The van der Waals surface area contributed by atoms with Crippen molar-refractivity contribution in [3.63, 3.8) is 0 Å². The van der Waals surface area contributed by atoms with Crippen LogP contribution in [0.3, 0.4) is 0 Å². The molecule has 0 saturated carbocycles. The molecule has 0 unspecified atom stereocenters. The molecule has 0 aliphatic carbocycles. The van der Waals surface area contributed by atoms with Crippen molar-refractivity contribution in [2.24, 2.45) is 0 Å². The average molecular weight is 712 g/mol. The monoisotopic (exact) mass is 711 g/mol. The second kappa shape index (κ2) is 10.7. The zero-order chi connectivity index (χ0) is 34.8. The van der Waals surface area contributed by atoms with Crippen LogP contribution in [0.1, 0.15) is 0 Å². The zero-order valence-electron chi connectivity index (χ0n) is 28.5. The van der Waals surface area contributed by atoms with Gasteiger partial charge in [-0.2, -0.15) is 0 Å². The van der Waals surface area contributed by atoms with E-state index in [1.54, 1.807) is 0 Å². The quantitative estimate of drug-likeness (QED) is 0.169. The minimum absolute atomic E-state index is 1.13. The lowest BCUT2D eigenvalue weighted by atomic mass is 10.0. The number of benzene rings is 9. The van der Waals surface area contributed by atoms with Crippen LogP contribution in [0.5, 0.6) is 0 Å². The van der Waals surface area contributed by atoms with E-state index in [1.165, 1.54) is 48.2 Å². The Labute approximate surface area is 312 Å². The molecule has 3 heterocycles. The molecular formula is C48H30N3PS. The first-order valence-electron chi connectivity index (χ1n) is 18.0. The Morgan fingerprint density at radius 2 is 0.547 bits per heavy atom. The van der Waals surface area contributed by atoms with E-state index in [9.17, 15) is 0 Å². The molecule has 248 valence electrons. The fourth-order valence-corrected chi connectivity index (χ4v) is 14.5. The SMILES string of the molecule is S=P12c3c4cccc3N(c3ccc5ccccc5c3)c3cccc(c31)N(c1ccc3ccccc3c1)c1cccc(c12)N4c1ccc2ccccc2c1. The Hall–Kier alpha value is -6.19. The van der Waals surface area contributed by atoms with E-state index < -0.39 is 6.04 Å². The fraction of sp³-hybridized carbons (Fsp3) is 0. The summed E-state index contributed by atoms with van der Waals surface area (Å²) in [4.78, 5) is 7.43. The predicted octanol–water partition coefficient (Wildman–Crippen LogP) is 12.3. The molecule has 0 N–H and O–H groups in total. The summed E-state index contributed by atoms with van der Waals surface area (Å²) >= 11 is 7.36. The molecule has 3 aliphatic rings. The maximum Gasteiger partial charge on any atom is 0.0573 e. The molecule has 0 saturated heterocycles. The first-order chi connectivity index (χ1) is 26.2. The maximum absolute atomic E-state index is 7.36. The second-order valence-electron chi connectivity index (χ2n) is 14.1. The molecule has 53 heavy (non-hydrogen) atoms. The Kier molecular flexibility index (Phi) is 5.92. The van der Waals surface area contributed by atoms with Crippen molar-refractivity contribution in [1.29, 1.82) is 0 Å². The molecule has 0 aromatic heterocycles. The Bertz CT molecular complexity index is 2700. The van der Waals surface area contributed by atoms with E-state index in [0.717, 1.165) is 51.2 Å². The lowest BCUT2D eigenvalue weighted by molar-refractivity contribution is 1.23. The number of rotatable bonds is 3. The maximum atomic E-state index is 7.36. The highest BCUT2D eigenvalue weighted by molar-refractivity contribution is 8.26. The molecule has 9 aromatic rings. The highest BCUT2D eigenvalue weighted by atomic mass is 32.4. The van der Waals surface area contributed by atoms with Gasteiger partial charge in [0.1, 0.15) is 0 Å². The van der Waals surface area contributed by atoms with Crippen LogP contribution in [0, 0.1) is 0 Å². The van der Waals surface area contributed by atoms with Crippen LogP contribution in [0.15, 0.2) is 182 Å². The molecule has 12 rings (SSSR count). The normalized spacial score (nSPS) is 14.5. The molecule has 3 aliphatic heterocycles. The van der Waals surface area contributed by atoms with Gasteiger partial charge in [-0.05, 0) is 105 Å². The summed E-state index contributed by atoms with van der Waals surface area (Å²) in [5.74, 6) is 0. The number of hydrogen-bond acceptors (Lipinski definition) is 4. The summed E-state index contributed by atoms with van der Waals surface area (Å²) in [7, 11) is 0. The van der Waals surface area contributed by atoms with Crippen LogP contribution in [0.4, 0.5) is 51.2 Å². The van der Waals surface area contributed by atoms with Crippen molar-refractivity contribution in [3.05, 3.63) is 182 Å². The summed E-state index contributed by atoms with van der Waals surface area (Å²) in [6.45, 7) is 0. The van der Waals surface area contributed by atoms with Gasteiger partial charge < -0.3 is 14.7 Å². The zero-order valence-corrected chi connectivity index (χ0v) is 30.2. The van der Waals surface area contributed by atoms with E-state index in [-0.39, 0.29) is 0 Å². The predicted molar refractivity (Wildman–Crippen MR) is 230 cm³/mol. The van der Waals surface area contributed by atoms with E-state index in [0.29, 0.717) is 0 Å². The molecular weight excluding hydrogens is 682 g/mol. The van der Waals surface area contributed by atoms with Crippen molar-refractivity contribution < 1.29 is 0 Å². The van der Waals surface area contributed by atoms with Gasteiger partial charge in [0.05, 0.1) is 40.2 Å². The van der Waals surface area contributed by atoms with Gasteiger partial charge in [-0.15, -0.1) is 0 Å². The van der Waals surface area contributed by atoms with Gasteiger partial charge in [-0.25, -0.2) is 0 Å². The minimum Gasteiger partial charge on any atom is -0.309 e. The molecule has 0 radical (unpaired) electrons. The first kappa shape index (κ1) is 29.4. The molecule has 0 fully saturated rings. The molecule has 0 atom stereocenters. The summed E-state index contributed by atoms with van der Waals surface area (Å²) in [6.07, 6.45) is 0. The summed E-state index contributed by atoms with van der Waals surface area (Å²) in [5.41, 5.74) is 10.4. The van der Waals surface area contributed by atoms with Crippen molar-refractivity contribution in [3.8, 4) is 0 Å². The Balaban J connectivity index is 1.21. The molecule has 9 aromatic carbocycles. The van der Waals surface area contributed by atoms with Gasteiger partial charge in [0.15, 0.2) is 0 Å². The van der Waals surface area contributed by atoms with Crippen LogP contribution in [-0.4, -0.2) is 0 Å². The summed E-state index contributed by atoms with van der Waals surface area (Å²) in [6, 6.07) is 64.2. The van der Waals surface area contributed by atoms with E-state index in [4.69, 9.17) is 11.8 Å². The second-order valence-corrected chi connectivity index (χ2v) is 18.3. The number of hydrogen-bond donors (Lipinski definition) is 0. The van der Waals surface area contributed by atoms with Crippen LogP contribution >= 0.6 is 6.04 Å². The van der Waals surface area contributed by atoms with Gasteiger partial charge in [0.25, 0.3) is 0 Å². The minimum atomic E-state index is -2.59. The molecule has 0 amide bonds. The van der Waals surface area contributed by atoms with Crippen LogP contribution in [0.2, 0.25) is 0 Å². The molecule has 0 spiro atoms. The number of nitrogens with zero attached hydrogens (tertiary/aromatic N) is 3. The molecule has 5 heteroatoms. The average Bonchev–Trinajstić information content (AvgIpc) is 3.21. The Morgan fingerprint density at radius 3 is 0.830 bits per heavy atom. The van der Waals surface area contributed by atoms with Crippen molar-refractivity contribution >= 4 is 117 Å². The summed E-state index contributed by atoms with van der Waals surface area (Å²) < 4.78 is 0.